The quantitative estimate of drug-likeness (QED) is 0.362. The molecule has 6 rings (SSSR count). The molecule has 0 saturated heterocycles. The minimum atomic E-state index is -0.963. The van der Waals surface area contributed by atoms with Crippen molar-refractivity contribution in [2.75, 3.05) is 5.32 Å². The molecule has 2 N–H and O–H groups in total. The molecule has 1 aliphatic carbocycles. The van der Waals surface area contributed by atoms with Gasteiger partial charge in [0.05, 0.1) is 34.8 Å². The van der Waals surface area contributed by atoms with Crippen LogP contribution < -0.4 is 5.32 Å². The van der Waals surface area contributed by atoms with Gasteiger partial charge in [0.2, 0.25) is 0 Å². The van der Waals surface area contributed by atoms with E-state index >= 15 is 0 Å². The van der Waals surface area contributed by atoms with Crippen LogP contribution in [0.25, 0.3) is 22.6 Å². The summed E-state index contributed by atoms with van der Waals surface area (Å²) in [6.45, 7) is 2.01. The number of nitriles is 1. The van der Waals surface area contributed by atoms with E-state index in [1.54, 1.807) is 30.6 Å². The highest BCUT2D eigenvalue weighted by Gasteiger charge is 2.37. The van der Waals surface area contributed by atoms with E-state index in [1.165, 1.54) is 0 Å². The number of nitrogens with zero attached hydrogens (tertiary/aromatic N) is 5. The summed E-state index contributed by atoms with van der Waals surface area (Å²) in [7, 11) is 0. The summed E-state index contributed by atoms with van der Waals surface area (Å²) in [5.74, 6) is -0.340. The number of rotatable bonds is 5. The van der Waals surface area contributed by atoms with Gasteiger partial charge in [0.1, 0.15) is 0 Å². The smallest absolute Gasteiger partial charge is 0.255 e. The fourth-order valence-corrected chi connectivity index (χ4v) is 4.83. The molecule has 1 aliphatic rings. The van der Waals surface area contributed by atoms with Crippen LogP contribution in [-0.2, 0) is 5.60 Å². The SMILES string of the molecule is Cc1ccc(NC(=O)c2cc(C#N)cc(C3(O)CCC3)c2)cc1-n1ccc2ncc(-c3cccnc3)n21. The highest BCUT2D eigenvalue weighted by atomic mass is 16.3. The zero-order chi connectivity index (χ0) is 25.6. The molecule has 8 heteroatoms. The Bertz CT molecular complexity index is 1690. The maximum atomic E-state index is 13.2. The molecule has 5 aromatic rings. The molecule has 0 bridgehead atoms. The first-order valence-electron chi connectivity index (χ1n) is 12.1. The highest BCUT2D eigenvalue weighted by molar-refractivity contribution is 6.04. The lowest BCUT2D eigenvalue weighted by Gasteiger charge is -2.37. The molecule has 3 aromatic heterocycles. The number of carbonyl (C=O) groups is 1. The lowest BCUT2D eigenvalue weighted by Crippen LogP contribution is -2.34. The summed E-state index contributed by atoms with van der Waals surface area (Å²) in [6.07, 6.45) is 9.48. The van der Waals surface area contributed by atoms with Gasteiger partial charge in [0, 0.05) is 41.5 Å². The van der Waals surface area contributed by atoms with E-state index in [0.29, 0.717) is 35.2 Å². The summed E-state index contributed by atoms with van der Waals surface area (Å²) in [5.41, 5.74) is 5.49. The number of benzene rings is 2. The van der Waals surface area contributed by atoms with Gasteiger partial charge in [-0.3, -0.25) is 14.5 Å². The normalized spacial score (nSPS) is 14.2. The van der Waals surface area contributed by atoms with Gasteiger partial charge in [-0.15, -0.1) is 0 Å². The second-order valence-electron chi connectivity index (χ2n) is 9.47. The fourth-order valence-electron chi connectivity index (χ4n) is 4.83. The van der Waals surface area contributed by atoms with Gasteiger partial charge in [0.15, 0.2) is 5.65 Å². The lowest BCUT2D eigenvalue weighted by atomic mass is 9.74. The van der Waals surface area contributed by atoms with E-state index in [0.717, 1.165) is 34.6 Å². The predicted octanol–water partition coefficient (Wildman–Crippen LogP) is 4.99. The van der Waals surface area contributed by atoms with Gasteiger partial charge in [0.25, 0.3) is 5.91 Å². The van der Waals surface area contributed by atoms with Crippen molar-refractivity contribution in [3.63, 3.8) is 0 Å². The van der Waals surface area contributed by atoms with Gasteiger partial charge >= 0.3 is 0 Å². The van der Waals surface area contributed by atoms with Crippen molar-refractivity contribution < 1.29 is 9.90 Å². The molecule has 2 aromatic carbocycles. The number of hydrogen-bond donors (Lipinski definition) is 2. The molecule has 1 saturated carbocycles. The average molecular weight is 489 g/mol. The lowest BCUT2D eigenvalue weighted by molar-refractivity contribution is -0.0388. The van der Waals surface area contributed by atoms with Crippen LogP contribution in [0.15, 0.2) is 79.4 Å². The summed E-state index contributed by atoms with van der Waals surface area (Å²) in [4.78, 5) is 22.0. The van der Waals surface area contributed by atoms with Gasteiger partial charge in [-0.2, -0.15) is 5.26 Å². The van der Waals surface area contributed by atoms with Crippen LogP contribution in [0.5, 0.6) is 0 Å². The molecule has 0 aliphatic heterocycles. The number of nitrogens with one attached hydrogen (secondary N) is 1. The Morgan fingerprint density at radius 2 is 2.00 bits per heavy atom. The minimum Gasteiger partial charge on any atom is -0.385 e. The van der Waals surface area contributed by atoms with Crippen LogP contribution in [0.3, 0.4) is 0 Å². The van der Waals surface area contributed by atoms with Crippen molar-refractivity contribution in [3.8, 4) is 23.0 Å². The largest absolute Gasteiger partial charge is 0.385 e. The number of imidazole rings is 1. The number of fused-ring (bicyclic) bond motifs is 1. The minimum absolute atomic E-state index is 0.340. The molecule has 1 amide bonds. The standard InChI is InChI=1S/C29H24N6O2/c1-19-5-6-24(33-28(36)22-12-20(16-30)13-23(14-22)29(37)8-3-9-29)15-25(19)34-11-7-27-32-18-26(35(27)34)21-4-2-10-31-17-21/h2,4-7,10-15,17-18,37H,3,8-9H2,1H3,(H,33,36). The fraction of sp³-hybridized carbons (Fsp3) is 0.172. The first-order chi connectivity index (χ1) is 17.9. The average Bonchev–Trinajstić information content (AvgIpc) is 3.51. The van der Waals surface area contributed by atoms with Crippen LogP contribution in [-0.4, -0.2) is 30.2 Å². The Balaban J connectivity index is 1.35. The maximum Gasteiger partial charge on any atom is 0.255 e. The second-order valence-corrected chi connectivity index (χ2v) is 9.47. The highest BCUT2D eigenvalue weighted by Crippen LogP contribution is 2.41. The molecule has 3 heterocycles. The van der Waals surface area contributed by atoms with Crippen molar-refractivity contribution in [2.45, 2.75) is 31.8 Å². The van der Waals surface area contributed by atoms with Crippen molar-refractivity contribution >= 4 is 17.2 Å². The van der Waals surface area contributed by atoms with Crippen LogP contribution in [0.1, 0.15) is 46.3 Å². The third-order valence-corrected chi connectivity index (χ3v) is 7.06. The molecule has 182 valence electrons. The van der Waals surface area contributed by atoms with Crippen molar-refractivity contribution in [1.82, 2.24) is 19.2 Å². The van der Waals surface area contributed by atoms with E-state index in [9.17, 15) is 15.2 Å². The van der Waals surface area contributed by atoms with Crippen LogP contribution in [0.2, 0.25) is 0 Å². The number of aromatic nitrogens is 4. The Morgan fingerprint density at radius 1 is 1.14 bits per heavy atom. The summed E-state index contributed by atoms with van der Waals surface area (Å²) >= 11 is 0. The van der Waals surface area contributed by atoms with E-state index in [-0.39, 0.29) is 5.91 Å². The van der Waals surface area contributed by atoms with E-state index in [4.69, 9.17) is 0 Å². The Hall–Kier alpha value is -4.74. The van der Waals surface area contributed by atoms with E-state index < -0.39 is 5.60 Å². The number of aryl methyl sites for hydroxylation is 1. The summed E-state index contributed by atoms with van der Waals surface area (Å²) in [6, 6.07) is 18.5. The maximum absolute atomic E-state index is 13.2. The predicted molar refractivity (Wildman–Crippen MR) is 139 cm³/mol. The van der Waals surface area contributed by atoms with E-state index in [1.807, 2.05) is 64.9 Å². The zero-order valence-corrected chi connectivity index (χ0v) is 20.2. The molecule has 0 spiro atoms. The van der Waals surface area contributed by atoms with Gasteiger partial charge < -0.3 is 10.4 Å². The molecular weight excluding hydrogens is 464 g/mol. The van der Waals surface area contributed by atoms with Crippen molar-refractivity contribution in [1.29, 1.82) is 5.26 Å². The zero-order valence-electron chi connectivity index (χ0n) is 20.2. The Labute approximate surface area is 213 Å². The summed E-state index contributed by atoms with van der Waals surface area (Å²) < 4.78 is 4.00. The second kappa shape index (κ2) is 8.73. The van der Waals surface area contributed by atoms with Crippen LogP contribution in [0, 0.1) is 18.3 Å². The number of amides is 1. The summed E-state index contributed by atoms with van der Waals surface area (Å²) in [5, 5.41) is 23.2. The molecule has 0 unspecified atom stereocenters. The van der Waals surface area contributed by atoms with Crippen LogP contribution in [0.4, 0.5) is 5.69 Å². The number of aliphatic hydroxyl groups is 1. The third-order valence-electron chi connectivity index (χ3n) is 7.06. The number of anilines is 1. The monoisotopic (exact) mass is 488 g/mol. The Morgan fingerprint density at radius 3 is 2.73 bits per heavy atom. The molecule has 0 radical (unpaired) electrons. The van der Waals surface area contributed by atoms with Gasteiger partial charge in [-0.05, 0) is 79.8 Å². The Kier molecular flexibility index (Phi) is 5.36. The number of hydrogen-bond acceptors (Lipinski definition) is 5. The molecule has 37 heavy (non-hydrogen) atoms. The number of carbonyl (C=O) groups excluding carboxylic acids is 1. The molecule has 8 nitrogen and oxygen atoms in total. The number of pyridine rings is 1. The first kappa shape index (κ1) is 22.7. The van der Waals surface area contributed by atoms with Crippen molar-refractivity contribution in [3.05, 3.63) is 102 Å². The van der Waals surface area contributed by atoms with Crippen LogP contribution >= 0.6 is 0 Å². The van der Waals surface area contributed by atoms with Crippen molar-refractivity contribution in [2.24, 2.45) is 0 Å². The molecule has 0 atom stereocenters. The third kappa shape index (κ3) is 3.96. The first-order valence-corrected chi connectivity index (χ1v) is 12.1. The molecular formula is C29H24N6O2. The topological polar surface area (TPSA) is 108 Å². The molecule has 1 fully saturated rings. The van der Waals surface area contributed by atoms with Gasteiger partial charge in [-0.1, -0.05) is 6.07 Å². The van der Waals surface area contributed by atoms with E-state index in [2.05, 4.69) is 21.4 Å². The van der Waals surface area contributed by atoms with Gasteiger partial charge in [-0.25, -0.2) is 9.50 Å².